The summed E-state index contributed by atoms with van der Waals surface area (Å²) < 4.78 is 12.1. The Hall–Kier alpha value is -2.18. The van der Waals surface area contributed by atoms with E-state index < -0.39 is 13.9 Å². The number of hydrogen-bond acceptors (Lipinski definition) is 4. The Morgan fingerprint density at radius 2 is 1.64 bits per heavy atom. The van der Waals surface area contributed by atoms with Crippen LogP contribution in [0.4, 0.5) is 4.79 Å². The molecule has 0 bridgehead atoms. The third-order valence-electron chi connectivity index (χ3n) is 6.22. The molecule has 0 aliphatic carbocycles. The molecule has 33 heavy (non-hydrogen) atoms. The van der Waals surface area contributed by atoms with E-state index in [2.05, 4.69) is 46.0 Å². The van der Waals surface area contributed by atoms with Crippen LogP contribution in [-0.4, -0.2) is 36.4 Å². The summed E-state index contributed by atoms with van der Waals surface area (Å²) in [6.45, 7) is 19.9. The van der Waals surface area contributed by atoms with Crippen LogP contribution >= 0.6 is 0 Å². The minimum absolute atomic E-state index is 0.142. The number of benzene rings is 1. The topological polar surface area (TPSA) is 51.7 Å². The van der Waals surface area contributed by atoms with Crippen LogP contribution in [0.2, 0.25) is 18.1 Å². The summed E-state index contributed by atoms with van der Waals surface area (Å²) in [6.07, 6.45) is 0.425. The van der Waals surface area contributed by atoms with Crippen LogP contribution in [0.1, 0.15) is 71.5 Å². The van der Waals surface area contributed by atoms with Gasteiger partial charge < -0.3 is 9.16 Å². The SMILES string of the molecule is CC(c1cccc(CO[Si](C)(C)C(C)(C)C)n1)N(CCc1ccccc1)C(=O)OC(C)(C)C. The highest BCUT2D eigenvalue weighted by molar-refractivity contribution is 6.74. The van der Waals surface area contributed by atoms with Crippen LogP contribution in [0.25, 0.3) is 0 Å². The lowest BCUT2D eigenvalue weighted by Gasteiger charge is -2.36. The summed E-state index contributed by atoms with van der Waals surface area (Å²) in [5, 5.41) is 0.142. The molecule has 0 spiro atoms. The third kappa shape index (κ3) is 8.27. The number of ether oxygens (including phenoxy) is 1. The fraction of sp³-hybridized carbons (Fsp3) is 0.556. The second-order valence-corrected chi connectivity index (χ2v) is 16.0. The Kier molecular flexibility index (Phi) is 8.88. The molecule has 2 aromatic rings. The smallest absolute Gasteiger partial charge is 0.410 e. The van der Waals surface area contributed by atoms with Crippen LogP contribution in [0.5, 0.6) is 0 Å². The molecule has 0 radical (unpaired) electrons. The number of aromatic nitrogens is 1. The maximum Gasteiger partial charge on any atom is 0.410 e. The molecular weight excluding hydrogens is 428 g/mol. The highest BCUT2D eigenvalue weighted by Crippen LogP contribution is 2.37. The van der Waals surface area contributed by atoms with E-state index in [0.29, 0.717) is 13.2 Å². The minimum atomic E-state index is -1.87. The van der Waals surface area contributed by atoms with Crippen molar-refractivity contribution < 1.29 is 14.0 Å². The Balaban J connectivity index is 2.21. The van der Waals surface area contributed by atoms with Gasteiger partial charge in [0.15, 0.2) is 8.32 Å². The van der Waals surface area contributed by atoms with Crippen LogP contribution < -0.4 is 0 Å². The second-order valence-electron chi connectivity index (χ2n) is 11.2. The molecule has 0 saturated carbocycles. The standard InChI is InChI=1S/C27H42N2O3Si/c1-21(24-17-13-16-23(28-24)20-31-33(8,9)27(5,6)7)29(25(30)32-26(2,3)4)19-18-22-14-11-10-12-15-22/h10-17,21H,18-20H2,1-9H3. The van der Waals surface area contributed by atoms with Crippen molar-refractivity contribution in [2.24, 2.45) is 0 Å². The van der Waals surface area contributed by atoms with E-state index in [4.69, 9.17) is 14.1 Å². The van der Waals surface area contributed by atoms with Crippen molar-refractivity contribution in [3.63, 3.8) is 0 Å². The summed E-state index contributed by atoms with van der Waals surface area (Å²) in [5.74, 6) is 0. The number of rotatable bonds is 8. The van der Waals surface area contributed by atoms with Gasteiger partial charge in [0.2, 0.25) is 0 Å². The predicted molar refractivity (Wildman–Crippen MR) is 138 cm³/mol. The van der Waals surface area contributed by atoms with E-state index in [1.807, 2.05) is 64.1 Å². The van der Waals surface area contributed by atoms with Crippen molar-refractivity contribution >= 4 is 14.4 Å². The number of carbonyl (C=O) groups excluding carboxylic acids is 1. The van der Waals surface area contributed by atoms with Gasteiger partial charge in [0.1, 0.15) is 5.60 Å². The first-order valence-corrected chi connectivity index (χ1v) is 14.7. The number of amides is 1. The Bertz CT molecular complexity index is 902. The van der Waals surface area contributed by atoms with Gasteiger partial charge in [-0.05, 0) is 69.9 Å². The lowest BCUT2D eigenvalue weighted by atomic mass is 10.1. The quantitative estimate of drug-likeness (QED) is 0.385. The first-order valence-electron chi connectivity index (χ1n) is 11.8. The molecule has 1 heterocycles. The third-order valence-corrected chi connectivity index (χ3v) is 10.7. The molecule has 1 aromatic heterocycles. The molecule has 5 nitrogen and oxygen atoms in total. The van der Waals surface area contributed by atoms with Gasteiger partial charge in [-0.25, -0.2) is 4.79 Å². The molecule has 1 amide bonds. The number of carbonyl (C=O) groups is 1. The van der Waals surface area contributed by atoms with E-state index in [1.54, 1.807) is 4.90 Å². The van der Waals surface area contributed by atoms with Gasteiger partial charge in [-0.1, -0.05) is 57.2 Å². The second kappa shape index (κ2) is 10.8. The van der Waals surface area contributed by atoms with Crippen molar-refractivity contribution in [2.45, 2.75) is 91.3 Å². The van der Waals surface area contributed by atoms with Crippen molar-refractivity contribution in [1.82, 2.24) is 9.88 Å². The zero-order valence-corrected chi connectivity index (χ0v) is 22.9. The summed E-state index contributed by atoms with van der Waals surface area (Å²) in [6, 6.07) is 15.9. The zero-order chi connectivity index (χ0) is 24.9. The number of nitrogens with zero attached hydrogens (tertiary/aromatic N) is 2. The predicted octanol–water partition coefficient (Wildman–Crippen LogP) is 7.14. The summed E-state index contributed by atoms with van der Waals surface area (Å²) >= 11 is 0. The average molecular weight is 471 g/mol. The normalized spacial score (nSPS) is 13.5. The van der Waals surface area contributed by atoms with E-state index in [-0.39, 0.29) is 17.2 Å². The summed E-state index contributed by atoms with van der Waals surface area (Å²) in [4.78, 5) is 19.7. The maximum absolute atomic E-state index is 13.1. The Labute approximate surface area is 201 Å². The molecule has 1 unspecified atom stereocenters. The largest absolute Gasteiger partial charge is 0.444 e. The average Bonchev–Trinajstić information content (AvgIpc) is 2.71. The number of pyridine rings is 1. The fourth-order valence-electron chi connectivity index (χ4n) is 3.10. The highest BCUT2D eigenvalue weighted by Gasteiger charge is 2.37. The van der Waals surface area contributed by atoms with Gasteiger partial charge in [-0.3, -0.25) is 9.88 Å². The summed E-state index contributed by atoms with van der Waals surface area (Å²) in [7, 11) is -1.87. The van der Waals surface area contributed by atoms with E-state index in [9.17, 15) is 4.79 Å². The Morgan fingerprint density at radius 3 is 2.21 bits per heavy atom. The Morgan fingerprint density at radius 1 is 1.00 bits per heavy atom. The molecule has 0 N–H and O–H groups in total. The van der Waals surface area contributed by atoms with Gasteiger partial charge in [0.25, 0.3) is 0 Å². The fourth-order valence-corrected chi connectivity index (χ4v) is 4.04. The lowest BCUT2D eigenvalue weighted by Crippen LogP contribution is -2.40. The molecule has 2 rings (SSSR count). The van der Waals surface area contributed by atoms with E-state index >= 15 is 0 Å². The van der Waals surface area contributed by atoms with Crippen molar-refractivity contribution in [3.05, 3.63) is 65.5 Å². The van der Waals surface area contributed by atoms with Crippen molar-refractivity contribution in [2.75, 3.05) is 6.54 Å². The molecule has 1 atom stereocenters. The maximum atomic E-state index is 13.1. The van der Waals surface area contributed by atoms with Crippen molar-refractivity contribution in [3.8, 4) is 0 Å². The molecule has 0 aliphatic rings. The van der Waals surface area contributed by atoms with Crippen LogP contribution in [-0.2, 0) is 22.2 Å². The molecule has 0 fully saturated rings. The molecule has 0 aliphatic heterocycles. The van der Waals surface area contributed by atoms with Gasteiger partial charge in [-0.2, -0.15) is 0 Å². The minimum Gasteiger partial charge on any atom is -0.444 e. The van der Waals surface area contributed by atoms with Gasteiger partial charge in [0.05, 0.1) is 24.0 Å². The van der Waals surface area contributed by atoms with E-state index in [0.717, 1.165) is 17.8 Å². The van der Waals surface area contributed by atoms with Gasteiger partial charge >= 0.3 is 6.09 Å². The molecule has 0 saturated heterocycles. The monoisotopic (exact) mass is 470 g/mol. The van der Waals surface area contributed by atoms with E-state index in [1.165, 1.54) is 5.56 Å². The first kappa shape index (κ1) is 27.1. The first-order chi connectivity index (χ1) is 15.2. The van der Waals surface area contributed by atoms with Crippen molar-refractivity contribution in [1.29, 1.82) is 0 Å². The van der Waals surface area contributed by atoms with Crippen LogP contribution in [0.15, 0.2) is 48.5 Å². The van der Waals surface area contributed by atoms with Crippen LogP contribution in [0.3, 0.4) is 0 Å². The van der Waals surface area contributed by atoms with Crippen LogP contribution in [0, 0.1) is 0 Å². The summed E-state index contributed by atoms with van der Waals surface area (Å²) in [5.41, 5.74) is 2.35. The molecule has 1 aromatic carbocycles. The molecule has 182 valence electrons. The van der Waals surface area contributed by atoms with Gasteiger partial charge in [0, 0.05) is 6.54 Å². The zero-order valence-electron chi connectivity index (χ0n) is 21.9. The van der Waals surface area contributed by atoms with Gasteiger partial charge in [-0.15, -0.1) is 0 Å². The highest BCUT2D eigenvalue weighted by atomic mass is 28.4. The lowest BCUT2D eigenvalue weighted by molar-refractivity contribution is 0.0172. The number of hydrogen-bond donors (Lipinski definition) is 0. The molecule has 6 heteroatoms. The molecular formula is C27H42N2O3Si.